The molecule has 1 N–H and O–H groups in total. The maximum Gasteiger partial charge on any atom is 0.317 e. The van der Waals surface area contributed by atoms with Gasteiger partial charge < -0.3 is 24.6 Å². The van der Waals surface area contributed by atoms with Crippen LogP contribution in [0.25, 0.3) is 0 Å². The van der Waals surface area contributed by atoms with Crippen LogP contribution in [0.3, 0.4) is 0 Å². The van der Waals surface area contributed by atoms with Gasteiger partial charge in [-0.15, -0.1) is 0 Å². The summed E-state index contributed by atoms with van der Waals surface area (Å²) in [5, 5.41) is 3.01. The van der Waals surface area contributed by atoms with E-state index >= 15 is 0 Å². The number of rotatable bonds is 7. The number of carbonyl (C=O) groups is 1. The molecule has 2 rings (SSSR count). The molecule has 0 radical (unpaired) electrons. The number of hydrogen-bond acceptors (Lipinski definition) is 4. The van der Waals surface area contributed by atoms with Crippen LogP contribution < -0.4 is 19.7 Å². The van der Waals surface area contributed by atoms with E-state index in [4.69, 9.17) is 9.47 Å². The van der Waals surface area contributed by atoms with Crippen molar-refractivity contribution < 1.29 is 14.3 Å². The second kappa shape index (κ2) is 9.25. The Labute approximate surface area is 144 Å². The summed E-state index contributed by atoms with van der Waals surface area (Å²) in [6.07, 6.45) is 3.37. The molecule has 0 atom stereocenters. The predicted molar refractivity (Wildman–Crippen MR) is 96.3 cm³/mol. The predicted octanol–water partition coefficient (Wildman–Crippen LogP) is 2.73. The molecule has 1 aliphatic heterocycles. The van der Waals surface area contributed by atoms with Gasteiger partial charge in [-0.25, -0.2) is 4.79 Å². The molecule has 1 aromatic rings. The molecule has 1 saturated heterocycles. The Kier molecular flexibility index (Phi) is 7.03. The maximum absolute atomic E-state index is 12.2. The Morgan fingerprint density at radius 2 is 1.88 bits per heavy atom. The van der Waals surface area contributed by atoms with Crippen LogP contribution in [0.1, 0.15) is 26.2 Å². The van der Waals surface area contributed by atoms with Gasteiger partial charge in [0.2, 0.25) is 0 Å². The number of ether oxygens (including phenoxy) is 2. The van der Waals surface area contributed by atoms with Gasteiger partial charge >= 0.3 is 6.03 Å². The van der Waals surface area contributed by atoms with Gasteiger partial charge in [-0.05, 0) is 18.6 Å². The fraction of sp³-hybridized carbons (Fsp3) is 0.611. The summed E-state index contributed by atoms with van der Waals surface area (Å²) in [5.74, 6) is 1.58. The van der Waals surface area contributed by atoms with Gasteiger partial charge in [-0.1, -0.05) is 19.8 Å². The van der Waals surface area contributed by atoms with Crippen molar-refractivity contribution in [1.82, 2.24) is 10.2 Å². The summed E-state index contributed by atoms with van der Waals surface area (Å²) in [7, 11) is 3.31. The quantitative estimate of drug-likeness (QED) is 0.779. The van der Waals surface area contributed by atoms with Crippen LogP contribution >= 0.6 is 0 Å². The average Bonchev–Trinajstić information content (AvgIpc) is 2.64. The lowest BCUT2D eigenvalue weighted by Crippen LogP contribution is -2.52. The fourth-order valence-electron chi connectivity index (χ4n) is 2.88. The van der Waals surface area contributed by atoms with Gasteiger partial charge in [0.15, 0.2) is 0 Å². The summed E-state index contributed by atoms with van der Waals surface area (Å²) >= 11 is 0. The largest absolute Gasteiger partial charge is 0.497 e. The Balaban J connectivity index is 1.87. The van der Waals surface area contributed by atoms with Crippen LogP contribution in [0.4, 0.5) is 10.5 Å². The minimum Gasteiger partial charge on any atom is -0.497 e. The zero-order valence-electron chi connectivity index (χ0n) is 15.0. The van der Waals surface area contributed by atoms with Gasteiger partial charge in [-0.3, -0.25) is 0 Å². The molecule has 0 aromatic heterocycles. The van der Waals surface area contributed by atoms with Crippen molar-refractivity contribution in [3.63, 3.8) is 0 Å². The monoisotopic (exact) mass is 335 g/mol. The number of urea groups is 1. The summed E-state index contributed by atoms with van der Waals surface area (Å²) in [5.41, 5.74) is 1.04. The molecular weight excluding hydrogens is 306 g/mol. The third-order valence-electron chi connectivity index (χ3n) is 4.35. The van der Waals surface area contributed by atoms with Crippen molar-refractivity contribution in [2.75, 3.05) is 51.8 Å². The SMILES string of the molecule is CCCCCNC(=O)N1CCN(c2ccc(OC)cc2OC)CC1. The number of amides is 2. The molecule has 0 unspecified atom stereocenters. The van der Waals surface area contributed by atoms with E-state index in [9.17, 15) is 4.79 Å². The normalized spacial score (nSPS) is 14.5. The minimum absolute atomic E-state index is 0.0486. The number of nitrogens with one attached hydrogen (secondary N) is 1. The van der Waals surface area contributed by atoms with Crippen LogP contribution in [0.5, 0.6) is 11.5 Å². The molecule has 1 fully saturated rings. The molecule has 2 amide bonds. The van der Waals surface area contributed by atoms with E-state index in [0.29, 0.717) is 0 Å². The first kappa shape index (κ1) is 18.2. The van der Waals surface area contributed by atoms with Crippen LogP contribution in [0, 0.1) is 0 Å². The van der Waals surface area contributed by atoms with Gasteiger partial charge in [0, 0.05) is 38.8 Å². The van der Waals surface area contributed by atoms with Crippen LogP contribution in [-0.2, 0) is 0 Å². The third-order valence-corrected chi connectivity index (χ3v) is 4.35. The summed E-state index contributed by atoms with van der Waals surface area (Å²) < 4.78 is 10.7. The Morgan fingerprint density at radius 3 is 2.50 bits per heavy atom. The highest BCUT2D eigenvalue weighted by Crippen LogP contribution is 2.32. The Morgan fingerprint density at radius 1 is 1.12 bits per heavy atom. The molecule has 1 heterocycles. The smallest absolute Gasteiger partial charge is 0.317 e. The van der Waals surface area contributed by atoms with Crippen LogP contribution in [0.15, 0.2) is 18.2 Å². The van der Waals surface area contributed by atoms with Crippen molar-refractivity contribution in [2.24, 2.45) is 0 Å². The van der Waals surface area contributed by atoms with E-state index < -0.39 is 0 Å². The second-order valence-corrected chi connectivity index (χ2v) is 5.95. The number of unbranched alkanes of at least 4 members (excludes halogenated alkanes) is 2. The van der Waals surface area contributed by atoms with Crippen molar-refractivity contribution in [2.45, 2.75) is 26.2 Å². The fourth-order valence-corrected chi connectivity index (χ4v) is 2.88. The average molecular weight is 335 g/mol. The molecular formula is C18H29N3O3. The zero-order valence-corrected chi connectivity index (χ0v) is 15.0. The molecule has 0 spiro atoms. The lowest BCUT2D eigenvalue weighted by Gasteiger charge is -2.36. The highest BCUT2D eigenvalue weighted by molar-refractivity contribution is 5.74. The van der Waals surface area contributed by atoms with Crippen LogP contribution in [0.2, 0.25) is 0 Å². The number of carbonyl (C=O) groups excluding carboxylic acids is 1. The highest BCUT2D eigenvalue weighted by Gasteiger charge is 2.22. The van der Waals surface area contributed by atoms with E-state index in [1.54, 1.807) is 14.2 Å². The van der Waals surface area contributed by atoms with Gasteiger partial charge in [0.1, 0.15) is 11.5 Å². The van der Waals surface area contributed by atoms with E-state index in [1.807, 2.05) is 23.1 Å². The van der Waals surface area contributed by atoms with Gasteiger partial charge in [0.25, 0.3) is 0 Å². The summed E-state index contributed by atoms with van der Waals surface area (Å²) in [6.45, 7) is 5.95. The zero-order chi connectivity index (χ0) is 17.4. The van der Waals surface area contributed by atoms with E-state index in [2.05, 4.69) is 17.1 Å². The summed E-state index contributed by atoms with van der Waals surface area (Å²) in [4.78, 5) is 16.3. The number of hydrogen-bond donors (Lipinski definition) is 1. The number of anilines is 1. The van der Waals surface area contributed by atoms with Crippen molar-refractivity contribution in [3.05, 3.63) is 18.2 Å². The van der Waals surface area contributed by atoms with Crippen molar-refractivity contribution in [3.8, 4) is 11.5 Å². The molecule has 0 bridgehead atoms. The first-order valence-electron chi connectivity index (χ1n) is 8.69. The first-order valence-corrected chi connectivity index (χ1v) is 8.69. The Hall–Kier alpha value is -2.11. The van der Waals surface area contributed by atoms with Crippen molar-refractivity contribution >= 4 is 11.7 Å². The summed E-state index contributed by atoms with van der Waals surface area (Å²) in [6, 6.07) is 5.89. The van der Waals surface area contributed by atoms with Crippen molar-refractivity contribution in [1.29, 1.82) is 0 Å². The second-order valence-electron chi connectivity index (χ2n) is 5.95. The lowest BCUT2D eigenvalue weighted by molar-refractivity contribution is 0.194. The molecule has 6 heteroatoms. The highest BCUT2D eigenvalue weighted by atomic mass is 16.5. The minimum atomic E-state index is 0.0486. The molecule has 0 saturated carbocycles. The standard InChI is InChI=1S/C18H29N3O3/c1-4-5-6-9-19-18(22)21-12-10-20(11-13-21)16-8-7-15(23-2)14-17(16)24-3/h7-8,14H,4-6,9-13H2,1-3H3,(H,19,22). The molecule has 24 heavy (non-hydrogen) atoms. The molecule has 6 nitrogen and oxygen atoms in total. The molecule has 1 aromatic carbocycles. The first-order chi connectivity index (χ1) is 11.7. The lowest BCUT2D eigenvalue weighted by atomic mass is 10.2. The van der Waals surface area contributed by atoms with Crippen LogP contribution in [-0.4, -0.2) is 57.9 Å². The maximum atomic E-state index is 12.2. The molecule has 1 aliphatic rings. The number of piperazine rings is 1. The Bertz CT molecular complexity index is 528. The molecule has 134 valence electrons. The number of methoxy groups -OCH3 is 2. The van der Waals surface area contributed by atoms with Gasteiger partial charge in [0.05, 0.1) is 19.9 Å². The third kappa shape index (κ3) is 4.69. The van der Waals surface area contributed by atoms with E-state index in [-0.39, 0.29) is 6.03 Å². The van der Waals surface area contributed by atoms with Gasteiger partial charge in [-0.2, -0.15) is 0 Å². The topological polar surface area (TPSA) is 54.0 Å². The number of benzene rings is 1. The van der Waals surface area contributed by atoms with E-state index in [0.717, 1.165) is 69.2 Å². The molecule has 0 aliphatic carbocycles. The van der Waals surface area contributed by atoms with E-state index in [1.165, 1.54) is 0 Å². The number of nitrogens with zero attached hydrogens (tertiary/aromatic N) is 2.